The third-order valence-corrected chi connectivity index (χ3v) is 1.86. The summed E-state index contributed by atoms with van der Waals surface area (Å²) in [5.74, 6) is 0.366. The lowest BCUT2D eigenvalue weighted by molar-refractivity contribution is 1.26. The van der Waals surface area contributed by atoms with Gasteiger partial charge in [-0.25, -0.2) is 15.0 Å². The highest BCUT2D eigenvalue weighted by molar-refractivity contribution is 6.30. The smallest absolute Gasteiger partial charge is 0.189 e. The summed E-state index contributed by atoms with van der Waals surface area (Å²) < 4.78 is 0. The van der Waals surface area contributed by atoms with E-state index in [2.05, 4.69) is 15.0 Å². The molecule has 0 amide bonds. The molecule has 0 aromatic carbocycles. The molecule has 0 spiro atoms. The van der Waals surface area contributed by atoms with E-state index in [9.17, 15) is 0 Å². The number of nitrogens with zero attached hydrogens (tertiary/aromatic N) is 3. The van der Waals surface area contributed by atoms with Gasteiger partial charge in [-0.1, -0.05) is 11.6 Å². The van der Waals surface area contributed by atoms with E-state index in [1.807, 2.05) is 0 Å². The van der Waals surface area contributed by atoms with E-state index in [0.717, 1.165) is 5.52 Å². The molecule has 0 aliphatic rings. The van der Waals surface area contributed by atoms with Crippen LogP contribution in [0.2, 0.25) is 5.15 Å². The molecule has 0 saturated heterocycles. The molecule has 0 fully saturated rings. The van der Waals surface area contributed by atoms with Crippen molar-refractivity contribution in [2.75, 3.05) is 5.73 Å². The average molecular weight is 192 g/mol. The third-order valence-electron chi connectivity index (χ3n) is 1.65. The molecule has 64 valence electrons. The summed E-state index contributed by atoms with van der Waals surface area (Å²) in [6.07, 6.45) is 0. The van der Waals surface area contributed by atoms with Gasteiger partial charge >= 0.3 is 0 Å². The van der Waals surface area contributed by atoms with Gasteiger partial charge in [0.1, 0.15) is 10.7 Å². The average Bonchev–Trinajstić information content (AvgIpc) is 2.06. The van der Waals surface area contributed by atoms with E-state index in [-0.39, 0.29) is 0 Å². The fourth-order valence-electron chi connectivity index (χ4n) is 1.13. The lowest BCUT2D eigenvalue weighted by Gasteiger charge is -2.01. The molecular formula is C7H6BClN4. The second kappa shape index (κ2) is 2.85. The van der Waals surface area contributed by atoms with E-state index in [1.54, 1.807) is 20.0 Å². The van der Waals surface area contributed by atoms with Gasteiger partial charge < -0.3 is 5.73 Å². The lowest BCUT2D eigenvalue weighted by atomic mass is 10.1. The van der Waals surface area contributed by atoms with E-state index in [1.165, 1.54) is 0 Å². The largest absolute Gasteiger partial charge is 0.382 e. The predicted octanol–water partition coefficient (Wildman–Crippen LogP) is -0.481. The number of nitrogen functional groups attached to an aromatic ring is 1. The molecule has 2 heterocycles. The summed E-state index contributed by atoms with van der Waals surface area (Å²) >= 11 is 5.71. The van der Waals surface area contributed by atoms with Crippen LogP contribution in [0.4, 0.5) is 5.82 Å². The quantitative estimate of drug-likeness (QED) is 0.452. The Morgan fingerprint density at radius 1 is 1.23 bits per heavy atom. The molecule has 0 atom stereocenters. The molecule has 6 heteroatoms. The fraction of sp³-hybridized carbons (Fsp3) is 0. The Kier molecular flexibility index (Phi) is 1.81. The first-order valence-electron chi connectivity index (χ1n) is 3.73. The van der Waals surface area contributed by atoms with Crippen molar-refractivity contribution >= 4 is 42.0 Å². The van der Waals surface area contributed by atoms with Gasteiger partial charge in [0.25, 0.3) is 0 Å². The number of nitrogens with two attached hydrogens (primary N) is 1. The van der Waals surface area contributed by atoms with Gasteiger partial charge in [0.2, 0.25) is 0 Å². The van der Waals surface area contributed by atoms with Crippen LogP contribution in [0.3, 0.4) is 0 Å². The fourth-order valence-corrected chi connectivity index (χ4v) is 1.28. The highest BCUT2D eigenvalue weighted by atomic mass is 35.5. The van der Waals surface area contributed by atoms with E-state index in [0.29, 0.717) is 22.2 Å². The molecule has 13 heavy (non-hydrogen) atoms. The van der Waals surface area contributed by atoms with E-state index < -0.39 is 0 Å². The number of hydrogen-bond donors (Lipinski definition) is 1. The number of aromatic nitrogens is 3. The minimum Gasteiger partial charge on any atom is -0.382 e. The van der Waals surface area contributed by atoms with Crippen molar-refractivity contribution in [2.45, 2.75) is 0 Å². The Labute approximate surface area is 80.6 Å². The van der Waals surface area contributed by atoms with Gasteiger partial charge in [0, 0.05) is 0 Å². The Morgan fingerprint density at radius 3 is 2.77 bits per heavy atom. The molecule has 0 unspecified atom stereocenters. The first-order chi connectivity index (χ1) is 6.16. The zero-order valence-corrected chi connectivity index (χ0v) is 7.71. The molecule has 0 bridgehead atoms. The number of halogens is 1. The van der Waals surface area contributed by atoms with Crippen molar-refractivity contribution in [3.05, 3.63) is 17.3 Å². The van der Waals surface area contributed by atoms with Gasteiger partial charge in [-0.3, -0.25) is 0 Å². The van der Waals surface area contributed by atoms with E-state index >= 15 is 0 Å². The molecule has 0 saturated carbocycles. The standard InChI is InChI=1S/C7H6BClN4/c8-7-11-3-1-2-4(9)12-5(3)6(10)13-7/h1-2H,8H2,(H2,10,11,13). The monoisotopic (exact) mass is 192 g/mol. The van der Waals surface area contributed by atoms with Gasteiger partial charge in [-0.05, 0) is 12.1 Å². The minimum absolute atomic E-state index is 0.366. The molecule has 2 N–H and O–H groups in total. The van der Waals surface area contributed by atoms with Crippen LogP contribution in [0.5, 0.6) is 0 Å². The van der Waals surface area contributed by atoms with Crippen LogP contribution >= 0.6 is 11.6 Å². The molecule has 0 aliphatic heterocycles. The highest BCUT2D eigenvalue weighted by Crippen LogP contribution is 2.15. The van der Waals surface area contributed by atoms with Crippen molar-refractivity contribution in [3.63, 3.8) is 0 Å². The Balaban J connectivity index is 2.87. The number of rotatable bonds is 0. The summed E-state index contributed by atoms with van der Waals surface area (Å²) in [4.78, 5) is 12.2. The molecule has 0 radical (unpaired) electrons. The van der Waals surface area contributed by atoms with Crippen molar-refractivity contribution in [1.82, 2.24) is 15.0 Å². The van der Waals surface area contributed by atoms with Crippen molar-refractivity contribution in [2.24, 2.45) is 0 Å². The molecule has 2 aromatic heterocycles. The van der Waals surface area contributed by atoms with Crippen molar-refractivity contribution in [3.8, 4) is 0 Å². The van der Waals surface area contributed by atoms with Gasteiger partial charge in [0.05, 0.1) is 11.2 Å². The van der Waals surface area contributed by atoms with Gasteiger partial charge in [-0.2, -0.15) is 0 Å². The van der Waals surface area contributed by atoms with Crippen molar-refractivity contribution in [1.29, 1.82) is 0 Å². The Bertz CT molecular complexity index is 473. The minimum atomic E-state index is 0.366. The molecular weight excluding hydrogens is 186 g/mol. The maximum atomic E-state index is 5.71. The Morgan fingerprint density at radius 2 is 2.00 bits per heavy atom. The van der Waals surface area contributed by atoms with Gasteiger partial charge in [0.15, 0.2) is 13.7 Å². The van der Waals surface area contributed by atoms with Crippen LogP contribution in [-0.4, -0.2) is 22.8 Å². The Hall–Kier alpha value is -1.36. The zero-order chi connectivity index (χ0) is 9.42. The van der Waals surface area contributed by atoms with Crippen molar-refractivity contribution < 1.29 is 0 Å². The summed E-state index contributed by atoms with van der Waals surface area (Å²) in [5.41, 5.74) is 7.56. The van der Waals surface area contributed by atoms with Gasteiger partial charge in [-0.15, -0.1) is 0 Å². The summed E-state index contributed by atoms with van der Waals surface area (Å²) in [7, 11) is 1.78. The van der Waals surface area contributed by atoms with Crippen LogP contribution in [0.1, 0.15) is 0 Å². The molecule has 0 aliphatic carbocycles. The SMILES string of the molecule is Bc1nc(N)c2nc(Cl)ccc2n1. The van der Waals surface area contributed by atoms with Crippen LogP contribution in [-0.2, 0) is 0 Å². The molecule has 2 aromatic rings. The summed E-state index contributed by atoms with van der Waals surface area (Å²) in [5, 5.41) is 0.395. The van der Waals surface area contributed by atoms with Crippen LogP contribution in [0, 0.1) is 0 Å². The van der Waals surface area contributed by atoms with E-state index in [4.69, 9.17) is 17.3 Å². The topological polar surface area (TPSA) is 64.7 Å². The van der Waals surface area contributed by atoms with Crippen LogP contribution < -0.4 is 11.5 Å². The predicted molar refractivity (Wildman–Crippen MR) is 54.9 cm³/mol. The number of pyridine rings is 1. The number of hydrogen-bond acceptors (Lipinski definition) is 4. The first kappa shape index (κ1) is 8.25. The number of anilines is 1. The number of fused-ring (bicyclic) bond motifs is 1. The second-order valence-electron chi connectivity index (χ2n) is 2.66. The summed E-state index contributed by atoms with van der Waals surface area (Å²) in [6.45, 7) is 0. The first-order valence-corrected chi connectivity index (χ1v) is 4.11. The summed E-state index contributed by atoms with van der Waals surface area (Å²) in [6, 6.07) is 3.45. The molecule has 2 rings (SSSR count). The van der Waals surface area contributed by atoms with Crippen LogP contribution in [0.25, 0.3) is 11.0 Å². The van der Waals surface area contributed by atoms with Crippen LogP contribution in [0.15, 0.2) is 12.1 Å². The zero-order valence-electron chi connectivity index (χ0n) is 6.95. The second-order valence-corrected chi connectivity index (χ2v) is 3.05. The maximum Gasteiger partial charge on any atom is 0.189 e. The lowest BCUT2D eigenvalue weighted by Crippen LogP contribution is -2.15. The molecule has 4 nitrogen and oxygen atoms in total. The normalized spacial score (nSPS) is 10.5. The third kappa shape index (κ3) is 1.42. The maximum absolute atomic E-state index is 5.71. The highest BCUT2D eigenvalue weighted by Gasteiger charge is 2.03.